The topological polar surface area (TPSA) is 37.3 Å². The van der Waals surface area contributed by atoms with Crippen molar-refractivity contribution in [1.29, 1.82) is 0 Å². The molecule has 96 valence electrons. The molecule has 0 bridgehead atoms. The summed E-state index contributed by atoms with van der Waals surface area (Å²) in [6.07, 6.45) is 7.93. The highest BCUT2D eigenvalue weighted by molar-refractivity contribution is 5.63. The molecule has 2 fully saturated rings. The Morgan fingerprint density at radius 3 is 2.71 bits per heavy atom. The van der Waals surface area contributed by atoms with E-state index < -0.39 is 5.41 Å². The number of aliphatic hydroxyl groups is 1. The number of rotatable bonds is 3. The fourth-order valence-corrected chi connectivity index (χ4v) is 4.44. The summed E-state index contributed by atoms with van der Waals surface area (Å²) in [6, 6.07) is 0. The predicted octanol–water partition coefficient (Wildman–Crippen LogP) is 2.95. The van der Waals surface area contributed by atoms with Gasteiger partial charge in [-0.15, -0.1) is 6.58 Å². The quantitative estimate of drug-likeness (QED) is 0.604. The zero-order valence-electron chi connectivity index (χ0n) is 11.0. The molecule has 0 spiro atoms. The Labute approximate surface area is 104 Å². The van der Waals surface area contributed by atoms with Crippen molar-refractivity contribution < 1.29 is 9.90 Å². The molecule has 2 saturated carbocycles. The third-order valence-corrected chi connectivity index (χ3v) is 5.53. The lowest BCUT2D eigenvalue weighted by atomic mass is 9.58. The molecule has 0 aromatic heterocycles. The second kappa shape index (κ2) is 4.24. The van der Waals surface area contributed by atoms with Crippen LogP contribution in [0.3, 0.4) is 0 Å². The number of aliphatic hydroxyl groups excluding tert-OH is 1. The molecule has 0 aromatic rings. The summed E-state index contributed by atoms with van der Waals surface area (Å²) in [5, 5.41) is 10.2. The summed E-state index contributed by atoms with van der Waals surface area (Å²) >= 11 is 0. The molecule has 0 amide bonds. The minimum absolute atomic E-state index is 0.113. The van der Waals surface area contributed by atoms with Gasteiger partial charge in [-0.25, -0.2) is 0 Å². The first-order valence-corrected chi connectivity index (χ1v) is 6.76. The van der Waals surface area contributed by atoms with Crippen molar-refractivity contribution in [3.63, 3.8) is 0 Å². The molecule has 2 heteroatoms. The summed E-state index contributed by atoms with van der Waals surface area (Å²) in [6.45, 7) is 8.10. The van der Waals surface area contributed by atoms with Crippen molar-refractivity contribution in [3.8, 4) is 0 Å². The van der Waals surface area contributed by atoms with Gasteiger partial charge in [0.2, 0.25) is 0 Å². The number of carbonyl (C=O) groups is 1. The van der Waals surface area contributed by atoms with Crippen molar-refractivity contribution in [2.24, 2.45) is 22.7 Å². The molecule has 0 unspecified atom stereocenters. The Balaban J connectivity index is 2.32. The van der Waals surface area contributed by atoms with E-state index in [1.54, 1.807) is 6.08 Å². The normalized spacial score (nSPS) is 44.8. The van der Waals surface area contributed by atoms with Crippen LogP contribution in [0.15, 0.2) is 12.7 Å². The molecule has 5 atom stereocenters. The van der Waals surface area contributed by atoms with Crippen LogP contribution in [-0.2, 0) is 4.79 Å². The highest BCUT2D eigenvalue weighted by Gasteiger charge is 2.55. The van der Waals surface area contributed by atoms with Crippen LogP contribution in [0.25, 0.3) is 0 Å². The SMILES string of the molecule is C=C[C@](C)(C=O)[C@H]1CC[C@H]2[C@@H](O)CCC[C@]12C. The van der Waals surface area contributed by atoms with Crippen molar-refractivity contribution in [2.75, 3.05) is 0 Å². The Morgan fingerprint density at radius 1 is 1.41 bits per heavy atom. The smallest absolute Gasteiger partial charge is 0.129 e. The van der Waals surface area contributed by atoms with Crippen LogP contribution in [0.5, 0.6) is 0 Å². The van der Waals surface area contributed by atoms with Crippen LogP contribution >= 0.6 is 0 Å². The number of aldehydes is 1. The van der Waals surface area contributed by atoms with Crippen LogP contribution in [0.1, 0.15) is 46.0 Å². The van der Waals surface area contributed by atoms with E-state index >= 15 is 0 Å². The first kappa shape index (κ1) is 12.8. The number of fused-ring (bicyclic) bond motifs is 1. The number of hydrogen-bond acceptors (Lipinski definition) is 2. The van der Waals surface area contributed by atoms with Crippen LogP contribution in [0, 0.1) is 22.7 Å². The number of carbonyl (C=O) groups excluding carboxylic acids is 1. The average Bonchev–Trinajstić information content (AvgIpc) is 2.67. The second-order valence-corrected chi connectivity index (χ2v) is 6.39. The van der Waals surface area contributed by atoms with Gasteiger partial charge in [-0.05, 0) is 49.9 Å². The summed E-state index contributed by atoms with van der Waals surface area (Å²) in [4.78, 5) is 11.4. The molecular weight excluding hydrogens is 212 g/mol. The molecular formula is C15H24O2. The highest BCUT2D eigenvalue weighted by Crippen LogP contribution is 2.60. The van der Waals surface area contributed by atoms with Gasteiger partial charge in [0.1, 0.15) is 6.29 Å². The molecule has 0 radical (unpaired) electrons. The molecule has 0 aromatic carbocycles. The third kappa shape index (κ3) is 1.77. The predicted molar refractivity (Wildman–Crippen MR) is 68.5 cm³/mol. The zero-order valence-corrected chi connectivity index (χ0v) is 11.0. The molecule has 0 saturated heterocycles. The lowest BCUT2D eigenvalue weighted by molar-refractivity contribution is -0.119. The first-order chi connectivity index (χ1) is 7.98. The van der Waals surface area contributed by atoms with Gasteiger partial charge in [-0.1, -0.05) is 19.4 Å². The van der Waals surface area contributed by atoms with Crippen molar-refractivity contribution >= 4 is 6.29 Å². The van der Waals surface area contributed by atoms with Crippen molar-refractivity contribution in [1.82, 2.24) is 0 Å². The average molecular weight is 236 g/mol. The lowest BCUT2D eigenvalue weighted by Gasteiger charge is -2.47. The summed E-state index contributed by atoms with van der Waals surface area (Å²) in [5.41, 5.74) is -0.317. The van der Waals surface area contributed by atoms with Crippen LogP contribution in [-0.4, -0.2) is 17.5 Å². The van der Waals surface area contributed by atoms with Gasteiger partial charge in [-0.2, -0.15) is 0 Å². The van der Waals surface area contributed by atoms with E-state index in [1.807, 2.05) is 6.92 Å². The van der Waals surface area contributed by atoms with Gasteiger partial charge in [0.25, 0.3) is 0 Å². The standard InChI is InChI=1S/C15H24O2/c1-4-14(2,10-16)13-8-7-11-12(17)6-5-9-15(11,13)3/h4,10-13,17H,1,5-9H2,2-3H3/t11-,12-,13+,14+,15-/m0/s1. The Bertz CT molecular complexity index is 315. The molecule has 2 aliphatic carbocycles. The van der Waals surface area contributed by atoms with Gasteiger partial charge >= 0.3 is 0 Å². The monoisotopic (exact) mass is 236 g/mol. The van der Waals surface area contributed by atoms with Crippen LogP contribution in [0.2, 0.25) is 0 Å². The molecule has 17 heavy (non-hydrogen) atoms. The van der Waals surface area contributed by atoms with E-state index in [1.165, 1.54) is 0 Å². The maximum absolute atomic E-state index is 11.4. The zero-order chi connectivity index (χ0) is 12.7. The van der Waals surface area contributed by atoms with Gasteiger partial charge in [0.05, 0.1) is 6.10 Å². The van der Waals surface area contributed by atoms with Gasteiger partial charge < -0.3 is 9.90 Å². The minimum atomic E-state index is -0.430. The largest absolute Gasteiger partial charge is 0.393 e. The molecule has 2 aliphatic rings. The third-order valence-electron chi connectivity index (χ3n) is 5.53. The molecule has 0 aliphatic heterocycles. The molecule has 0 heterocycles. The fraction of sp³-hybridized carbons (Fsp3) is 0.800. The van der Waals surface area contributed by atoms with E-state index in [0.29, 0.717) is 11.8 Å². The number of allylic oxidation sites excluding steroid dienone is 1. The van der Waals surface area contributed by atoms with Gasteiger partial charge in [0.15, 0.2) is 0 Å². The Morgan fingerprint density at radius 2 is 2.12 bits per heavy atom. The van der Waals surface area contributed by atoms with Crippen LogP contribution < -0.4 is 0 Å². The van der Waals surface area contributed by atoms with E-state index in [4.69, 9.17) is 0 Å². The Hall–Kier alpha value is -0.630. The second-order valence-electron chi connectivity index (χ2n) is 6.39. The van der Waals surface area contributed by atoms with E-state index in [9.17, 15) is 9.90 Å². The first-order valence-electron chi connectivity index (χ1n) is 6.76. The lowest BCUT2D eigenvalue weighted by Crippen LogP contribution is -2.44. The Kier molecular flexibility index (Phi) is 3.19. The van der Waals surface area contributed by atoms with Crippen LogP contribution in [0.4, 0.5) is 0 Å². The molecule has 2 nitrogen and oxygen atoms in total. The van der Waals surface area contributed by atoms with E-state index in [2.05, 4.69) is 13.5 Å². The van der Waals surface area contributed by atoms with Crippen molar-refractivity contribution in [3.05, 3.63) is 12.7 Å². The van der Waals surface area contributed by atoms with Gasteiger partial charge in [0, 0.05) is 5.41 Å². The summed E-state index contributed by atoms with van der Waals surface area (Å²) in [5.74, 6) is 0.713. The number of hydrogen-bond donors (Lipinski definition) is 1. The van der Waals surface area contributed by atoms with Gasteiger partial charge in [-0.3, -0.25) is 0 Å². The maximum atomic E-state index is 11.4. The highest BCUT2D eigenvalue weighted by atomic mass is 16.3. The molecule has 1 N–H and O–H groups in total. The van der Waals surface area contributed by atoms with E-state index in [-0.39, 0.29) is 11.5 Å². The molecule has 2 rings (SSSR count). The maximum Gasteiger partial charge on any atom is 0.129 e. The van der Waals surface area contributed by atoms with Crippen molar-refractivity contribution in [2.45, 2.75) is 52.1 Å². The summed E-state index contributed by atoms with van der Waals surface area (Å²) < 4.78 is 0. The van der Waals surface area contributed by atoms with E-state index in [0.717, 1.165) is 38.4 Å². The summed E-state index contributed by atoms with van der Waals surface area (Å²) in [7, 11) is 0. The fourth-order valence-electron chi connectivity index (χ4n) is 4.44. The minimum Gasteiger partial charge on any atom is -0.393 e.